The van der Waals surface area contributed by atoms with Crippen molar-refractivity contribution in [3.8, 4) is 0 Å². The molecule has 1 aliphatic carbocycles. The maximum Gasteiger partial charge on any atom is 0.190 e. The Kier molecular flexibility index (Phi) is 7.51. The Bertz CT molecular complexity index is 670. The molecule has 0 heterocycles. The smallest absolute Gasteiger partial charge is 0.190 e. The highest BCUT2D eigenvalue weighted by Gasteiger charge is 2.56. The number of carbonyl (C=O) groups excluding carboxylic acids is 2. The van der Waals surface area contributed by atoms with Crippen LogP contribution in [0.25, 0.3) is 0 Å². The zero-order chi connectivity index (χ0) is 21.2. The van der Waals surface area contributed by atoms with Gasteiger partial charge in [-0.05, 0) is 44.8 Å². The summed E-state index contributed by atoms with van der Waals surface area (Å²) in [7, 11) is 0. The Morgan fingerprint density at radius 1 is 1.44 bits per heavy atom. The predicted molar refractivity (Wildman–Crippen MR) is 106 cm³/mol. The number of hydrogen-bond acceptors (Lipinski definition) is 5. The molecule has 0 aromatic heterocycles. The third-order valence-corrected chi connectivity index (χ3v) is 6.15. The maximum atomic E-state index is 12.7. The van der Waals surface area contributed by atoms with Crippen LogP contribution in [-0.2, 0) is 9.59 Å². The van der Waals surface area contributed by atoms with E-state index in [2.05, 4.69) is 6.58 Å². The number of ketones is 2. The van der Waals surface area contributed by atoms with Crippen molar-refractivity contribution in [3.05, 3.63) is 35.5 Å². The Labute approximate surface area is 162 Å². The van der Waals surface area contributed by atoms with E-state index in [1.807, 2.05) is 0 Å². The molecule has 0 saturated heterocycles. The predicted octanol–water partition coefficient (Wildman–Crippen LogP) is 2.75. The van der Waals surface area contributed by atoms with Crippen LogP contribution in [0.2, 0.25) is 0 Å². The van der Waals surface area contributed by atoms with Gasteiger partial charge in [0.15, 0.2) is 5.78 Å². The van der Waals surface area contributed by atoms with Gasteiger partial charge >= 0.3 is 0 Å². The van der Waals surface area contributed by atoms with Gasteiger partial charge in [0.05, 0.1) is 12.2 Å². The molecule has 1 rings (SSSR count). The summed E-state index contributed by atoms with van der Waals surface area (Å²) in [5.41, 5.74) is -1.66. The second-order valence-electron chi connectivity index (χ2n) is 8.23. The second kappa shape index (κ2) is 8.63. The van der Waals surface area contributed by atoms with Gasteiger partial charge in [0.1, 0.15) is 11.4 Å². The number of rotatable bonds is 9. The van der Waals surface area contributed by atoms with Crippen LogP contribution in [-0.4, -0.2) is 44.7 Å². The minimum Gasteiger partial charge on any atom is -0.392 e. The maximum absolute atomic E-state index is 12.7. The van der Waals surface area contributed by atoms with E-state index in [-0.39, 0.29) is 31.1 Å². The second-order valence-corrected chi connectivity index (χ2v) is 8.23. The third-order valence-electron chi connectivity index (χ3n) is 6.15. The molecule has 0 radical (unpaired) electrons. The molecule has 0 spiro atoms. The summed E-state index contributed by atoms with van der Waals surface area (Å²) in [6, 6.07) is 0. The quantitative estimate of drug-likeness (QED) is 0.536. The number of Topliss-reactive ketones (excluding diaryl/α,β-unsaturated/α-hetero) is 2. The van der Waals surface area contributed by atoms with Crippen molar-refractivity contribution in [1.29, 1.82) is 0 Å². The topological polar surface area (TPSA) is 94.8 Å². The fourth-order valence-electron chi connectivity index (χ4n) is 3.65. The standard InChI is InChI=1S/C22H34O5/c1-8-17(12-23)11-22(27)19(9-14(4)20(22)25)21(7,26)15(5)10-18(24)16(6)13(2)3/h8-9,15-16,19,23,26-27H,2,10-12H2,1,3-7H3/b17-8+/t15-,16?,19+,21+,22-/m1/s1. The van der Waals surface area contributed by atoms with E-state index < -0.39 is 28.8 Å². The summed E-state index contributed by atoms with van der Waals surface area (Å²) in [6.07, 6.45) is 3.31. The van der Waals surface area contributed by atoms with E-state index in [1.165, 1.54) is 0 Å². The Balaban J connectivity index is 3.18. The lowest BCUT2D eigenvalue weighted by Crippen LogP contribution is -2.54. The first-order chi connectivity index (χ1) is 12.3. The largest absolute Gasteiger partial charge is 0.392 e. The Hall–Kier alpha value is -1.56. The lowest BCUT2D eigenvalue weighted by atomic mass is 9.68. The molecular weight excluding hydrogens is 344 g/mol. The first kappa shape index (κ1) is 23.5. The van der Waals surface area contributed by atoms with Crippen LogP contribution < -0.4 is 0 Å². The molecule has 0 fully saturated rings. The van der Waals surface area contributed by atoms with Crippen LogP contribution in [0.15, 0.2) is 35.5 Å². The number of aliphatic hydroxyl groups excluding tert-OH is 1. The average molecular weight is 379 g/mol. The van der Waals surface area contributed by atoms with Gasteiger partial charge in [-0.15, -0.1) is 0 Å². The van der Waals surface area contributed by atoms with E-state index in [9.17, 15) is 24.9 Å². The van der Waals surface area contributed by atoms with Crippen molar-refractivity contribution in [2.75, 3.05) is 6.61 Å². The zero-order valence-corrected chi connectivity index (χ0v) is 17.4. The zero-order valence-electron chi connectivity index (χ0n) is 17.4. The van der Waals surface area contributed by atoms with E-state index in [1.54, 1.807) is 53.7 Å². The highest BCUT2D eigenvalue weighted by Crippen LogP contribution is 2.45. The molecule has 152 valence electrons. The Morgan fingerprint density at radius 2 is 2.00 bits per heavy atom. The fraction of sp³-hybridized carbons (Fsp3) is 0.636. The van der Waals surface area contributed by atoms with Gasteiger partial charge in [-0.3, -0.25) is 9.59 Å². The Morgan fingerprint density at radius 3 is 2.44 bits per heavy atom. The van der Waals surface area contributed by atoms with Gasteiger partial charge in [-0.25, -0.2) is 0 Å². The third kappa shape index (κ3) is 4.65. The lowest BCUT2D eigenvalue weighted by Gasteiger charge is -2.42. The van der Waals surface area contributed by atoms with Crippen LogP contribution in [0.3, 0.4) is 0 Å². The van der Waals surface area contributed by atoms with Crippen LogP contribution in [0.1, 0.15) is 54.4 Å². The number of allylic oxidation sites excluding steroid dienone is 2. The van der Waals surface area contributed by atoms with Crippen LogP contribution in [0.5, 0.6) is 0 Å². The molecular formula is C22H34O5. The molecule has 0 aromatic carbocycles. The molecule has 1 aliphatic rings. The molecule has 5 heteroatoms. The fourth-order valence-corrected chi connectivity index (χ4v) is 3.65. The molecule has 0 saturated carbocycles. The van der Waals surface area contributed by atoms with Gasteiger partial charge in [0.25, 0.3) is 0 Å². The van der Waals surface area contributed by atoms with Crippen LogP contribution >= 0.6 is 0 Å². The molecule has 27 heavy (non-hydrogen) atoms. The molecule has 1 unspecified atom stereocenters. The van der Waals surface area contributed by atoms with Crippen molar-refractivity contribution in [2.45, 2.75) is 65.6 Å². The van der Waals surface area contributed by atoms with Crippen LogP contribution in [0, 0.1) is 17.8 Å². The van der Waals surface area contributed by atoms with Crippen LogP contribution in [0.4, 0.5) is 0 Å². The molecule has 0 bridgehead atoms. The minimum absolute atomic E-state index is 0.0339. The molecule has 0 amide bonds. The molecule has 0 aromatic rings. The normalized spacial score (nSPS) is 27.7. The lowest BCUT2D eigenvalue weighted by molar-refractivity contribution is -0.152. The van der Waals surface area contributed by atoms with Crippen molar-refractivity contribution < 1.29 is 24.9 Å². The van der Waals surface area contributed by atoms with Gasteiger partial charge in [-0.1, -0.05) is 38.2 Å². The summed E-state index contributed by atoms with van der Waals surface area (Å²) in [5, 5.41) is 32.0. The number of aliphatic hydroxyl groups is 3. The minimum atomic E-state index is -1.84. The van der Waals surface area contributed by atoms with Crippen molar-refractivity contribution in [1.82, 2.24) is 0 Å². The molecule has 0 aliphatic heterocycles. The van der Waals surface area contributed by atoms with Gasteiger partial charge in [0, 0.05) is 24.7 Å². The molecule has 5 nitrogen and oxygen atoms in total. The highest BCUT2D eigenvalue weighted by molar-refractivity contribution is 6.04. The van der Waals surface area contributed by atoms with Gasteiger partial charge in [0.2, 0.25) is 0 Å². The average Bonchev–Trinajstić information content (AvgIpc) is 2.83. The summed E-state index contributed by atoms with van der Waals surface area (Å²) in [4.78, 5) is 25.1. The first-order valence-corrected chi connectivity index (χ1v) is 9.43. The SMILES string of the molecule is C=C(C)C(C)C(=O)C[C@@H](C)[C@](C)(O)[C@@H]1C=C(C)C(=O)[C@@]1(O)C/C(=C\C)CO. The van der Waals surface area contributed by atoms with Crippen molar-refractivity contribution in [3.63, 3.8) is 0 Å². The van der Waals surface area contributed by atoms with Gasteiger partial charge < -0.3 is 15.3 Å². The summed E-state index contributed by atoms with van der Waals surface area (Å²) < 4.78 is 0. The molecule has 3 N–H and O–H groups in total. The summed E-state index contributed by atoms with van der Waals surface area (Å²) in [6.45, 7) is 13.7. The monoisotopic (exact) mass is 378 g/mol. The van der Waals surface area contributed by atoms with E-state index in [4.69, 9.17) is 0 Å². The van der Waals surface area contributed by atoms with E-state index >= 15 is 0 Å². The van der Waals surface area contributed by atoms with E-state index in [0.717, 1.165) is 5.57 Å². The highest BCUT2D eigenvalue weighted by atomic mass is 16.3. The van der Waals surface area contributed by atoms with Crippen molar-refractivity contribution >= 4 is 11.6 Å². The molecule has 5 atom stereocenters. The first-order valence-electron chi connectivity index (χ1n) is 9.43. The van der Waals surface area contributed by atoms with Crippen molar-refractivity contribution in [2.24, 2.45) is 17.8 Å². The summed E-state index contributed by atoms with van der Waals surface area (Å²) in [5.74, 6) is -2.15. The van der Waals surface area contributed by atoms with Gasteiger partial charge in [-0.2, -0.15) is 0 Å². The van der Waals surface area contributed by atoms with E-state index in [0.29, 0.717) is 11.1 Å². The summed E-state index contributed by atoms with van der Waals surface area (Å²) >= 11 is 0. The number of hydrogen-bond donors (Lipinski definition) is 3. The number of carbonyl (C=O) groups is 2.